The maximum absolute atomic E-state index is 14.9. The average Bonchev–Trinajstić information content (AvgIpc) is 1.56. The van der Waals surface area contributed by atoms with Gasteiger partial charge in [-0.1, -0.05) is 54.6 Å². The Hall–Kier alpha value is -5.82. The second kappa shape index (κ2) is 30.3. The second-order valence-electron chi connectivity index (χ2n) is 38.5. The molecule has 6 aromatic rings. The minimum absolute atomic E-state index is 0.0136. The summed E-state index contributed by atoms with van der Waals surface area (Å²) in [6, 6.07) is 38.4. The van der Waals surface area contributed by atoms with Crippen LogP contribution in [-0.2, 0) is 53.9 Å². The summed E-state index contributed by atoms with van der Waals surface area (Å²) in [7, 11) is 1.56. The third kappa shape index (κ3) is 15.2. The SMILES string of the molecule is [C-]#[N+]CCOP(OC(COCCCNC(=O)c1ccc(C2=c3cc4c(c([As]56(OC(C)(C)C(C)(C)O5)OC(C)(C)C(C)(C)O6)c3Oc3c2cc2c(c3[As]35(OC(C)(C)C(C)(C)O3)OC(C)(C)C(C)(C)O5)NC(C)(C)CC2C)=NC(C)(C)CC4C)cc1)COC(c1ccccc1)(c1ccc(OC)cc1)c1ccc(OC)cc1)N(C(C)C)C(C)C. The first-order valence-corrected chi connectivity index (χ1v) is 50.4. The molecule has 2 N–H and O–H groups in total. The summed E-state index contributed by atoms with van der Waals surface area (Å²) in [4.78, 5) is 24.3. The number of hydrogen-bond acceptors (Lipinski definition) is 19. The molecule has 7 aliphatic rings. The Bertz CT molecular complexity index is 4690. The Kier molecular flexibility index (Phi) is 23.0. The molecule has 2 spiro atoms. The number of ether oxygens (including phenoxy) is 5. The van der Waals surface area contributed by atoms with Gasteiger partial charge in [0.2, 0.25) is 6.54 Å². The Morgan fingerprint density at radius 3 is 1.55 bits per heavy atom. The van der Waals surface area contributed by atoms with Crippen molar-refractivity contribution in [1.82, 2.24) is 9.99 Å². The minimum Gasteiger partial charge on any atom is -0.497 e. The van der Waals surface area contributed by atoms with E-state index in [-0.39, 0.29) is 62.8 Å². The molecule has 4 fully saturated rings. The molecule has 0 aromatic heterocycles. The smallest absolute Gasteiger partial charge is 0.143 e. The molecular formula is C92H128As2N5O16P. The van der Waals surface area contributed by atoms with Crippen molar-refractivity contribution in [3.05, 3.63) is 182 Å². The van der Waals surface area contributed by atoms with Gasteiger partial charge < -0.3 is 32.8 Å². The van der Waals surface area contributed by atoms with Gasteiger partial charge in [0.15, 0.2) is 0 Å². The van der Waals surface area contributed by atoms with E-state index in [0.29, 0.717) is 55.6 Å². The molecule has 0 bridgehead atoms. The van der Waals surface area contributed by atoms with E-state index >= 15 is 0 Å². The maximum Gasteiger partial charge on any atom is 0.143 e. The molecule has 1 amide bonds. The monoisotopic (exact) mass is 1740 g/mol. The third-order valence-corrected chi connectivity index (χ3v) is 45.5. The normalized spacial score (nSPS) is 24.7. The number of methoxy groups -OCH3 is 2. The zero-order valence-corrected chi connectivity index (χ0v) is 78.6. The Labute approximate surface area is 694 Å². The molecule has 24 heteroatoms. The van der Waals surface area contributed by atoms with E-state index in [2.05, 4.69) is 169 Å². The first-order valence-electron chi connectivity index (χ1n) is 41.3. The molecule has 116 heavy (non-hydrogen) atoms. The van der Waals surface area contributed by atoms with Crippen LogP contribution in [0.5, 0.6) is 23.0 Å². The summed E-state index contributed by atoms with van der Waals surface area (Å²) in [5, 5.41) is 8.69. The van der Waals surface area contributed by atoms with E-state index in [1.54, 1.807) is 14.2 Å². The summed E-state index contributed by atoms with van der Waals surface area (Å²) >= 11 is -12.4. The third-order valence-electron chi connectivity index (χ3n) is 25.5. The van der Waals surface area contributed by atoms with Gasteiger partial charge in [-0.25, -0.2) is 11.2 Å². The van der Waals surface area contributed by atoms with Gasteiger partial charge in [-0.3, -0.25) is 0 Å². The maximum atomic E-state index is 14.9. The van der Waals surface area contributed by atoms with E-state index in [1.807, 2.05) is 146 Å². The standard InChI is InChI=1S/C92H128As2N5O16P/c1-58(2)99(59(3)4)116(105-51-49-95-27)107-69(57-104-92(64-34-31-30-32-35-64,65-40-44-67(101-28)45-41-65)66-42-46-68(102-29)47-43-66)56-103-50-33-48-96-81(100)63-38-36-62(37-39-63)74-72-52-70-60(5)54-82(7,8)97-77(70)75(93(108-84(11,12)85(13,14)109-93)110-86(15,16)87(17,18)111-93)79(72)106-80-73(74)53-71-61(6)55-83(9,10)98-78(71)76(80)94(112-88(19,20)89(21,22)113-94)114-90(23,24)91(25,26)115-94/h30-32,34-47,52-53,58-61,69,97H,33,48-51,54-57H2,1-26,28-29H3,(H,96,100). The molecule has 4 atom stereocenters. The van der Waals surface area contributed by atoms with Gasteiger partial charge in [0.1, 0.15) is 29.8 Å². The summed E-state index contributed by atoms with van der Waals surface area (Å²) in [5.41, 5.74) is -1.92. The first-order chi connectivity index (χ1) is 53.9. The van der Waals surface area contributed by atoms with Crippen molar-refractivity contribution in [2.45, 2.75) is 291 Å². The number of nitrogens with one attached hydrogen (secondary N) is 2. The van der Waals surface area contributed by atoms with Crippen LogP contribution in [0.2, 0.25) is 0 Å². The molecule has 0 radical (unpaired) electrons. The number of fused-ring (bicyclic) bond motifs is 4. The van der Waals surface area contributed by atoms with E-state index in [9.17, 15) is 4.79 Å². The van der Waals surface area contributed by atoms with Crippen molar-refractivity contribution >= 4 is 62.0 Å². The molecule has 4 unspecified atom stereocenters. The van der Waals surface area contributed by atoms with Crippen LogP contribution in [0, 0.1) is 6.57 Å². The summed E-state index contributed by atoms with van der Waals surface area (Å²) in [6.07, 6.45) is 1.31. The van der Waals surface area contributed by atoms with E-state index < -0.39 is 104 Å². The van der Waals surface area contributed by atoms with Gasteiger partial charge >= 0.3 is 441 Å². The summed E-state index contributed by atoms with van der Waals surface area (Å²) < 4.78 is 114. The van der Waals surface area contributed by atoms with Crippen molar-refractivity contribution in [2.75, 3.05) is 59.1 Å². The van der Waals surface area contributed by atoms with Crippen LogP contribution in [0.1, 0.15) is 260 Å². The van der Waals surface area contributed by atoms with Gasteiger partial charge in [0, 0.05) is 18.7 Å². The van der Waals surface area contributed by atoms with Crippen LogP contribution in [-0.4, -0.2) is 166 Å². The molecule has 4 saturated heterocycles. The van der Waals surface area contributed by atoms with Crippen LogP contribution in [0.4, 0.5) is 5.69 Å². The largest absolute Gasteiger partial charge is 0.497 e. The van der Waals surface area contributed by atoms with Gasteiger partial charge in [-0.2, -0.15) is 0 Å². The average molecular weight is 1740 g/mol. The Balaban J connectivity index is 0.908. The zero-order valence-electron chi connectivity index (χ0n) is 73.9. The quantitative estimate of drug-likeness (QED) is 0.0170. The molecule has 632 valence electrons. The van der Waals surface area contributed by atoms with Crippen LogP contribution in [0.25, 0.3) is 10.4 Å². The number of carbonyl (C=O) groups excluding carboxylic acids is 1. The predicted molar refractivity (Wildman–Crippen MR) is 459 cm³/mol. The van der Waals surface area contributed by atoms with Crippen LogP contribution in [0.3, 0.4) is 0 Å². The fraction of sp³-hybridized carbons (Fsp3) is 0.576. The molecule has 7 heterocycles. The molecule has 6 aromatic carbocycles. The topological polar surface area (TPSA) is 200 Å². The predicted octanol–water partition coefficient (Wildman–Crippen LogP) is 17.1. The molecule has 13 rings (SSSR count). The number of benzene rings is 6. The fourth-order valence-corrected chi connectivity index (χ4v) is 42.9. The van der Waals surface area contributed by atoms with E-state index in [0.717, 1.165) is 68.3 Å². The van der Waals surface area contributed by atoms with Gasteiger partial charge in [0.05, 0.1) is 27.4 Å². The van der Waals surface area contributed by atoms with Gasteiger partial charge in [0.25, 0.3) is 8.53 Å². The van der Waals surface area contributed by atoms with Crippen molar-refractivity contribution in [2.24, 2.45) is 4.99 Å². The number of nitrogens with zero attached hydrogens (tertiary/aromatic N) is 3. The molecule has 0 aliphatic carbocycles. The molecular weight excluding hydrogens is 1610 g/mol. The van der Waals surface area contributed by atoms with Crippen molar-refractivity contribution in [3.63, 3.8) is 0 Å². The Morgan fingerprint density at radius 1 is 0.603 bits per heavy atom. The molecule has 21 nitrogen and oxygen atoms in total. The second-order valence-corrected chi connectivity index (χ2v) is 51.7. The summed E-state index contributed by atoms with van der Waals surface area (Å²) in [5.74, 6) is 1.90. The Morgan fingerprint density at radius 2 is 1.08 bits per heavy atom. The van der Waals surface area contributed by atoms with Crippen LogP contribution < -0.4 is 44.1 Å². The number of rotatable bonds is 26. The molecule has 7 aliphatic heterocycles. The van der Waals surface area contributed by atoms with Crippen LogP contribution in [0.15, 0.2) is 120 Å². The number of carbonyl (C=O) groups is 1. The molecule has 0 saturated carbocycles. The van der Waals surface area contributed by atoms with Crippen molar-refractivity contribution in [3.8, 4) is 23.0 Å². The number of anilines is 1. The van der Waals surface area contributed by atoms with E-state index in [1.165, 1.54) is 0 Å². The van der Waals surface area contributed by atoms with Gasteiger partial charge in [-0.05, 0) is 68.7 Å². The fourth-order valence-electron chi connectivity index (χ4n) is 17.6. The van der Waals surface area contributed by atoms with Crippen molar-refractivity contribution < 1.29 is 67.3 Å². The van der Waals surface area contributed by atoms with Gasteiger partial charge in [-0.15, -0.1) is 0 Å². The zero-order chi connectivity index (χ0) is 84.6. The minimum atomic E-state index is -6.22. The summed E-state index contributed by atoms with van der Waals surface area (Å²) in [6.45, 7) is 63.3. The number of hydrogen-bond donors (Lipinski definition) is 2. The van der Waals surface area contributed by atoms with Crippen molar-refractivity contribution in [1.29, 1.82) is 0 Å². The number of amides is 1. The first kappa shape index (κ1) is 88.0. The van der Waals surface area contributed by atoms with E-state index in [4.69, 9.17) is 74.1 Å². The van der Waals surface area contributed by atoms with Crippen LogP contribution >= 0.6 is 8.53 Å².